The van der Waals surface area contributed by atoms with Gasteiger partial charge in [-0.1, -0.05) is 139 Å². The van der Waals surface area contributed by atoms with Crippen molar-refractivity contribution in [1.29, 1.82) is 0 Å². The van der Waals surface area contributed by atoms with Crippen LogP contribution in [0.15, 0.2) is 60.8 Å². The van der Waals surface area contributed by atoms with Crippen LogP contribution >= 0.6 is 0 Å². The Morgan fingerprint density at radius 3 is 1.95 bits per heavy atom. The van der Waals surface area contributed by atoms with Crippen molar-refractivity contribution in [2.75, 3.05) is 13.2 Å². The smallest absolute Gasteiger partial charge is 0.306 e. The molecular formula is C38H64O6. The van der Waals surface area contributed by atoms with Gasteiger partial charge in [-0.15, -0.1) is 0 Å². The quantitative estimate of drug-likeness (QED) is 0.0377. The third kappa shape index (κ3) is 31.0. The van der Waals surface area contributed by atoms with E-state index in [0.717, 1.165) is 50.9 Å². The molecule has 0 aliphatic carbocycles. The Morgan fingerprint density at radius 1 is 0.705 bits per heavy atom. The molecule has 0 bridgehead atoms. The average molecular weight is 617 g/mol. The Labute approximate surface area is 269 Å². The summed E-state index contributed by atoms with van der Waals surface area (Å²) in [6.45, 7) is 6.14. The predicted molar refractivity (Wildman–Crippen MR) is 183 cm³/mol. The summed E-state index contributed by atoms with van der Waals surface area (Å²) in [5, 5.41) is 19.2. The van der Waals surface area contributed by atoms with Crippen LogP contribution in [0.3, 0.4) is 0 Å². The molecule has 0 radical (unpaired) electrons. The van der Waals surface area contributed by atoms with Crippen molar-refractivity contribution in [2.24, 2.45) is 5.92 Å². The Balaban J connectivity index is 3.76. The molecule has 0 amide bonds. The second kappa shape index (κ2) is 32.0. The van der Waals surface area contributed by atoms with Crippen LogP contribution in [0.1, 0.15) is 136 Å². The van der Waals surface area contributed by atoms with E-state index in [1.54, 1.807) is 0 Å². The molecule has 0 rings (SSSR count). The Morgan fingerprint density at radius 2 is 1.30 bits per heavy atom. The van der Waals surface area contributed by atoms with Crippen molar-refractivity contribution >= 4 is 11.9 Å². The summed E-state index contributed by atoms with van der Waals surface area (Å²) in [5.74, 6) is 0.117. The van der Waals surface area contributed by atoms with E-state index in [2.05, 4.69) is 44.2 Å². The van der Waals surface area contributed by atoms with Gasteiger partial charge in [-0.3, -0.25) is 9.59 Å². The molecule has 0 aromatic rings. The van der Waals surface area contributed by atoms with Crippen molar-refractivity contribution in [2.45, 2.75) is 149 Å². The minimum Gasteiger partial charge on any atom is -0.462 e. The lowest BCUT2D eigenvalue weighted by molar-refractivity contribution is -0.161. The van der Waals surface area contributed by atoms with E-state index in [-0.39, 0.29) is 31.6 Å². The molecule has 0 aromatic heterocycles. The Bertz CT molecular complexity index is 823. The van der Waals surface area contributed by atoms with Crippen LogP contribution in [0.5, 0.6) is 0 Å². The lowest BCUT2D eigenvalue weighted by Crippen LogP contribution is -2.28. The number of ether oxygens (including phenoxy) is 2. The van der Waals surface area contributed by atoms with Gasteiger partial charge in [0.2, 0.25) is 0 Å². The molecule has 44 heavy (non-hydrogen) atoms. The van der Waals surface area contributed by atoms with Gasteiger partial charge in [0.05, 0.1) is 12.7 Å². The van der Waals surface area contributed by atoms with Crippen LogP contribution in [0.2, 0.25) is 0 Å². The predicted octanol–water partition coefficient (Wildman–Crippen LogP) is 9.27. The molecule has 0 aromatic carbocycles. The molecule has 0 saturated heterocycles. The number of aliphatic hydroxyl groups is 2. The minimum absolute atomic E-state index is 0.110. The van der Waals surface area contributed by atoms with Crippen LogP contribution in [0.4, 0.5) is 0 Å². The molecule has 0 fully saturated rings. The molecule has 0 spiro atoms. The summed E-state index contributed by atoms with van der Waals surface area (Å²) in [6, 6.07) is 0. The van der Waals surface area contributed by atoms with Gasteiger partial charge in [0.15, 0.2) is 6.10 Å². The van der Waals surface area contributed by atoms with Crippen LogP contribution < -0.4 is 0 Å². The highest BCUT2D eigenvalue weighted by atomic mass is 16.6. The monoisotopic (exact) mass is 616 g/mol. The summed E-state index contributed by atoms with van der Waals surface area (Å²) in [4.78, 5) is 24.1. The number of unbranched alkanes of at least 4 members (excludes halogenated alkanes) is 9. The molecular weight excluding hydrogens is 552 g/mol. The number of carbonyl (C=O) groups is 2. The largest absolute Gasteiger partial charge is 0.462 e. The maximum Gasteiger partial charge on any atom is 0.306 e. The second-order valence-electron chi connectivity index (χ2n) is 11.9. The molecule has 2 atom stereocenters. The standard InChI is InChI=1S/C38H64O6/c1-4-5-28-35(40)29-24-20-16-12-8-6-7-9-13-17-21-25-30-37(41)43-33-36(32-39)44-38(42)31-26-22-18-14-10-11-15-19-23-27-34(2)3/h5-7,12-13,16-17,20,24,28,34-36,39-40H,4,8-11,14-15,18-19,21-23,25-27,29-33H2,1-3H3/b7-6-,16-12-,17-13-,24-20+,28-5-/t35?,36-/m0/s1. The van der Waals surface area contributed by atoms with Crippen molar-refractivity contribution in [3.63, 3.8) is 0 Å². The van der Waals surface area contributed by atoms with Crippen LogP contribution in [0.25, 0.3) is 0 Å². The highest BCUT2D eigenvalue weighted by Gasteiger charge is 2.16. The zero-order valence-corrected chi connectivity index (χ0v) is 28.2. The van der Waals surface area contributed by atoms with Gasteiger partial charge in [0.1, 0.15) is 6.61 Å². The first-order chi connectivity index (χ1) is 21.4. The molecule has 0 saturated carbocycles. The highest BCUT2D eigenvalue weighted by Crippen LogP contribution is 2.14. The van der Waals surface area contributed by atoms with Crippen molar-refractivity contribution < 1.29 is 29.3 Å². The molecule has 1 unspecified atom stereocenters. The number of hydrogen-bond acceptors (Lipinski definition) is 6. The molecule has 6 heteroatoms. The van der Waals surface area contributed by atoms with Gasteiger partial charge in [-0.25, -0.2) is 0 Å². The zero-order chi connectivity index (χ0) is 32.5. The van der Waals surface area contributed by atoms with E-state index in [1.165, 1.54) is 44.9 Å². The van der Waals surface area contributed by atoms with Crippen LogP contribution in [-0.4, -0.2) is 47.6 Å². The molecule has 0 heterocycles. The third-order valence-electron chi connectivity index (χ3n) is 7.08. The number of rotatable bonds is 29. The van der Waals surface area contributed by atoms with E-state index in [9.17, 15) is 19.8 Å². The molecule has 0 aliphatic rings. The first kappa shape index (κ1) is 41.6. The van der Waals surface area contributed by atoms with E-state index in [1.807, 2.05) is 37.3 Å². The molecule has 252 valence electrons. The highest BCUT2D eigenvalue weighted by molar-refractivity contribution is 5.70. The number of hydrogen-bond donors (Lipinski definition) is 2. The lowest BCUT2D eigenvalue weighted by Gasteiger charge is -2.15. The van der Waals surface area contributed by atoms with Gasteiger partial charge in [-0.05, 0) is 50.9 Å². The SMILES string of the molecule is CC/C=C\C(O)C/C=C/C=C\C/C=C\C/C=C\CCCC(=O)OC[C@H](CO)OC(=O)CCCCCCCCCCCC(C)C. The number of allylic oxidation sites excluding steroid dienone is 8. The van der Waals surface area contributed by atoms with Crippen LogP contribution in [-0.2, 0) is 19.1 Å². The van der Waals surface area contributed by atoms with Gasteiger partial charge in [0.25, 0.3) is 0 Å². The molecule has 0 aliphatic heterocycles. The topological polar surface area (TPSA) is 93.1 Å². The molecule has 2 N–H and O–H groups in total. The van der Waals surface area contributed by atoms with Gasteiger partial charge >= 0.3 is 11.9 Å². The Hall–Kier alpha value is -2.44. The van der Waals surface area contributed by atoms with E-state index in [0.29, 0.717) is 19.3 Å². The first-order valence-electron chi connectivity index (χ1n) is 17.3. The zero-order valence-electron chi connectivity index (χ0n) is 28.2. The van der Waals surface area contributed by atoms with Gasteiger partial charge in [0, 0.05) is 12.8 Å². The second-order valence-corrected chi connectivity index (χ2v) is 11.9. The number of aliphatic hydroxyl groups excluding tert-OH is 2. The van der Waals surface area contributed by atoms with E-state index >= 15 is 0 Å². The van der Waals surface area contributed by atoms with E-state index < -0.39 is 12.2 Å². The summed E-state index contributed by atoms with van der Waals surface area (Å²) >= 11 is 0. The summed E-state index contributed by atoms with van der Waals surface area (Å²) in [6.07, 6.45) is 36.3. The van der Waals surface area contributed by atoms with Crippen molar-refractivity contribution in [3.05, 3.63) is 60.8 Å². The average Bonchev–Trinajstić information content (AvgIpc) is 3.00. The van der Waals surface area contributed by atoms with Crippen LogP contribution in [0, 0.1) is 5.92 Å². The maximum absolute atomic E-state index is 12.1. The number of esters is 2. The lowest BCUT2D eigenvalue weighted by atomic mass is 10.0. The fourth-order valence-electron chi connectivity index (χ4n) is 4.44. The van der Waals surface area contributed by atoms with Gasteiger partial charge < -0.3 is 19.7 Å². The third-order valence-corrected chi connectivity index (χ3v) is 7.08. The number of carbonyl (C=O) groups excluding carboxylic acids is 2. The Kier molecular flexibility index (Phi) is 30.2. The minimum atomic E-state index is -0.805. The van der Waals surface area contributed by atoms with Gasteiger partial charge in [-0.2, -0.15) is 0 Å². The maximum atomic E-state index is 12.1. The van der Waals surface area contributed by atoms with E-state index in [4.69, 9.17) is 9.47 Å². The summed E-state index contributed by atoms with van der Waals surface area (Å²) < 4.78 is 10.5. The normalized spacial score (nSPS) is 13.8. The summed E-state index contributed by atoms with van der Waals surface area (Å²) in [7, 11) is 0. The fraction of sp³-hybridized carbons (Fsp3) is 0.684. The fourth-order valence-corrected chi connectivity index (χ4v) is 4.44. The first-order valence-corrected chi connectivity index (χ1v) is 17.3. The summed E-state index contributed by atoms with van der Waals surface area (Å²) in [5.41, 5.74) is 0. The van der Waals surface area contributed by atoms with Crippen molar-refractivity contribution in [3.8, 4) is 0 Å². The molecule has 6 nitrogen and oxygen atoms in total. The van der Waals surface area contributed by atoms with Crippen molar-refractivity contribution in [1.82, 2.24) is 0 Å².